The minimum Gasteiger partial charge on any atom is -0.478 e. The van der Waals surface area contributed by atoms with Gasteiger partial charge in [0.25, 0.3) is 5.92 Å². The first-order valence-corrected chi connectivity index (χ1v) is 5.44. The van der Waals surface area contributed by atoms with Gasteiger partial charge < -0.3 is 10.0 Å². The van der Waals surface area contributed by atoms with Crippen LogP contribution in [0.15, 0.2) is 24.3 Å². The van der Waals surface area contributed by atoms with Crippen molar-refractivity contribution in [3.05, 3.63) is 29.8 Å². The molecule has 0 atom stereocenters. The van der Waals surface area contributed by atoms with Crippen molar-refractivity contribution >= 4 is 11.7 Å². The molecule has 92 valence electrons. The van der Waals surface area contributed by atoms with E-state index in [1.807, 2.05) is 0 Å². The molecule has 0 saturated carbocycles. The smallest absolute Gasteiger partial charge is 0.335 e. The number of alkyl halides is 2. The molecule has 0 aromatic heterocycles. The van der Waals surface area contributed by atoms with Gasteiger partial charge in [0, 0.05) is 31.6 Å². The molecule has 1 heterocycles. The lowest BCUT2D eigenvalue weighted by Crippen LogP contribution is -2.39. The van der Waals surface area contributed by atoms with Gasteiger partial charge in [0.2, 0.25) is 0 Å². The van der Waals surface area contributed by atoms with Crippen LogP contribution in [0.3, 0.4) is 0 Å². The minimum absolute atomic E-state index is 0.176. The lowest BCUT2D eigenvalue weighted by Gasteiger charge is -2.33. The van der Waals surface area contributed by atoms with E-state index in [9.17, 15) is 13.6 Å². The van der Waals surface area contributed by atoms with Crippen LogP contribution < -0.4 is 4.90 Å². The zero-order chi connectivity index (χ0) is 12.5. The largest absolute Gasteiger partial charge is 0.478 e. The van der Waals surface area contributed by atoms with Crippen molar-refractivity contribution in [2.45, 2.75) is 18.8 Å². The standard InChI is InChI=1S/C12H13F2NO2/c13-12(14)4-6-15(7-5-12)10-3-1-2-9(8-10)11(16)17/h1-3,8H,4-7H2,(H,16,17). The summed E-state index contributed by atoms with van der Waals surface area (Å²) in [5.74, 6) is -3.59. The first-order valence-electron chi connectivity index (χ1n) is 5.44. The Morgan fingerprint density at radius 2 is 1.94 bits per heavy atom. The lowest BCUT2D eigenvalue weighted by atomic mass is 10.1. The van der Waals surface area contributed by atoms with Crippen molar-refractivity contribution < 1.29 is 18.7 Å². The van der Waals surface area contributed by atoms with Crippen LogP contribution in [-0.4, -0.2) is 30.1 Å². The summed E-state index contributed by atoms with van der Waals surface area (Å²) in [4.78, 5) is 12.6. The van der Waals surface area contributed by atoms with Crippen LogP contribution in [0.5, 0.6) is 0 Å². The SMILES string of the molecule is O=C(O)c1cccc(N2CCC(F)(F)CC2)c1. The van der Waals surface area contributed by atoms with Crippen LogP contribution in [0.25, 0.3) is 0 Å². The highest BCUT2D eigenvalue weighted by molar-refractivity contribution is 5.88. The topological polar surface area (TPSA) is 40.5 Å². The molecule has 0 bridgehead atoms. The van der Waals surface area contributed by atoms with Crippen molar-refractivity contribution in [3.8, 4) is 0 Å². The number of carbonyl (C=O) groups is 1. The molecule has 2 rings (SSSR count). The van der Waals surface area contributed by atoms with Crippen LogP contribution in [0.4, 0.5) is 14.5 Å². The van der Waals surface area contributed by atoms with Crippen LogP contribution in [0.2, 0.25) is 0 Å². The van der Waals surface area contributed by atoms with E-state index in [2.05, 4.69) is 0 Å². The van der Waals surface area contributed by atoms with E-state index < -0.39 is 11.9 Å². The number of rotatable bonds is 2. The molecule has 1 saturated heterocycles. The molecular weight excluding hydrogens is 228 g/mol. The number of benzene rings is 1. The molecule has 0 radical (unpaired) electrons. The van der Waals surface area contributed by atoms with Gasteiger partial charge in [-0.15, -0.1) is 0 Å². The fourth-order valence-corrected chi connectivity index (χ4v) is 1.93. The van der Waals surface area contributed by atoms with Crippen LogP contribution in [0, 0.1) is 0 Å². The maximum atomic E-state index is 13.0. The Morgan fingerprint density at radius 3 is 2.53 bits per heavy atom. The van der Waals surface area contributed by atoms with Gasteiger partial charge in [-0.3, -0.25) is 0 Å². The Bertz CT molecular complexity index is 424. The number of carboxylic acid groups (broad SMARTS) is 1. The van der Waals surface area contributed by atoms with Gasteiger partial charge >= 0.3 is 5.97 Å². The highest BCUT2D eigenvalue weighted by atomic mass is 19.3. The minimum atomic E-state index is -2.58. The number of anilines is 1. The van der Waals surface area contributed by atoms with E-state index >= 15 is 0 Å². The van der Waals surface area contributed by atoms with Gasteiger partial charge in [0.15, 0.2) is 0 Å². The van der Waals surface area contributed by atoms with Gasteiger partial charge in [-0.1, -0.05) is 6.07 Å². The second-order valence-corrected chi connectivity index (χ2v) is 4.20. The third-order valence-electron chi connectivity index (χ3n) is 2.95. The summed E-state index contributed by atoms with van der Waals surface area (Å²) in [5.41, 5.74) is 0.875. The van der Waals surface area contributed by atoms with Gasteiger partial charge in [0.1, 0.15) is 0 Å². The molecule has 1 N–H and O–H groups in total. The average molecular weight is 241 g/mol. The summed E-state index contributed by atoms with van der Waals surface area (Å²) in [6, 6.07) is 6.39. The van der Waals surface area contributed by atoms with E-state index in [1.165, 1.54) is 12.1 Å². The molecule has 1 aromatic rings. The van der Waals surface area contributed by atoms with Crippen molar-refractivity contribution in [1.29, 1.82) is 0 Å². The van der Waals surface area contributed by atoms with Crippen molar-refractivity contribution in [2.75, 3.05) is 18.0 Å². The maximum absolute atomic E-state index is 13.0. The fraction of sp³-hybridized carbons (Fsp3) is 0.417. The molecule has 3 nitrogen and oxygen atoms in total. The fourth-order valence-electron chi connectivity index (χ4n) is 1.93. The van der Waals surface area contributed by atoms with Crippen LogP contribution in [-0.2, 0) is 0 Å². The number of halogens is 2. The van der Waals surface area contributed by atoms with Gasteiger partial charge in [0.05, 0.1) is 5.56 Å². The molecule has 1 aromatic carbocycles. The number of aromatic carboxylic acids is 1. The van der Waals surface area contributed by atoms with E-state index in [0.29, 0.717) is 5.69 Å². The molecule has 0 aliphatic carbocycles. The lowest BCUT2D eigenvalue weighted by molar-refractivity contribution is -0.0220. The molecule has 1 fully saturated rings. The Morgan fingerprint density at radius 1 is 1.29 bits per heavy atom. The number of piperidine rings is 1. The number of hydrogen-bond acceptors (Lipinski definition) is 2. The zero-order valence-corrected chi connectivity index (χ0v) is 9.20. The van der Waals surface area contributed by atoms with Crippen LogP contribution >= 0.6 is 0 Å². The van der Waals surface area contributed by atoms with E-state index in [0.717, 1.165) is 0 Å². The Hall–Kier alpha value is -1.65. The van der Waals surface area contributed by atoms with E-state index in [1.54, 1.807) is 17.0 Å². The number of nitrogens with zero attached hydrogens (tertiary/aromatic N) is 1. The highest BCUT2D eigenvalue weighted by Gasteiger charge is 2.34. The number of carboxylic acids is 1. The molecule has 0 spiro atoms. The van der Waals surface area contributed by atoms with Gasteiger partial charge in [-0.05, 0) is 18.2 Å². The summed E-state index contributed by atoms with van der Waals surface area (Å²) in [7, 11) is 0. The second-order valence-electron chi connectivity index (χ2n) is 4.20. The molecule has 17 heavy (non-hydrogen) atoms. The molecular formula is C12H13F2NO2. The quantitative estimate of drug-likeness (QED) is 0.865. The van der Waals surface area contributed by atoms with Gasteiger partial charge in [-0.2, -0.15) is 0 Å². The second kappa shape index (κ2) is 4.31. The molecule has 1 aliphatic heterocycles. The summed E-state index contributed by atoms with van der Waals surface area (Å²) in [6.45, 7) is 0.520. The first kappa shape index (κ1) is 11.8. The monoisotopic (exact) mass is 241 g/mol. The third kappa shape index (κ3) is 2.72. The maximum Gasteiger partial charge on any atom is 0.335 e. The Balaban J connectivity index is 2.13. The molecule has 0 unspecified atom stereocenters. The van der Waals surface area contributed by atoms with Crippen molar-refractivity contribution in [2.24, 2.45) is 0 Å². The molecule has 1 aliphatic rings. The summed E-state index contributed by atoms with van der Waals surface area (Å²) < 4.78 is 26.0. The first-order chi connectivity index (χ1) is 7.98. The highest BCUT2D eigenvalue weighted by Crippen LogP contribution is 2.30. The van der Waals surface area contributed by atoms with E-state index in [4.69, 9.17) is 5.11 Å². The van der Waals surface area contributed by atoms with E-state index in [-0.39, 0.29) is 31.5 Å². The predicted octanol–water partition coefficient (Wildman–Crippen LogP) is 2.62. The molecule has 0 amide bonds. The van der Waals surface area contributed by atoms with Crippen molar-refractivity contribution in [1.82, 2.24) is 0 Å². The Kier molecular flexibility index (Phi) is 3.00. The van der Waals surface area contributed by atoms with Crippen molar-refractivity contribution in [3.63, 3.8) is 0 Å². The third-order valence-corrected chi connectivity index (χ3v) is 2.95. The van der Waals surface area contributed by atoms with Gasteiger partial charge in [-0.25, -0.2) is 13.6 Å². The zero-order valence-electron chi connectivity index (χ0n) is 9.20. The summed E-state index contributed by atoms with van der Waals surface area (Å²) >= 11 is 0. The number of hydrogen-bond donors (Lipinski definition) is 1. The summed E-state index contributed by atoms with van der Waals surface area (Å²) in [6.07, 6.45) is -0.353. The van der Waals surface area contributed by atoms with Crippen LogP contribution in [0.1, 0.15) is 23.2 Å². The normalized spacial score (nSPS) is 19.1. The average Bonchev–Trinajstić information content (AvgIpc) is 2.29. The Labute approximate surface area is 97.7 Å². The predicted molar refractivity (Wildman–Crippen MR) is 59.8 cm³/mol. The summed E-state index contributed by atoms with van der Waals surface area (Å²) in [5, 5.41) is 8.85. The molecule has 5 heteroatoms.